The molecule has 9 heteroatoms. The van der Waals surface area contributed by atoms with E-state index in [1.165, 1.54) is 9.80 Å². The van der Waals surface area contributed by atoms with Crippen molar-refractivity contribution in [3.05, 3.63) is 76.2 Å². The Labute approximate surface area is 184 Å². The van der Waals surface area contributed by atoms with Gasteiger partial charge >= 0.3 is 6.03 Å². The van der Waals surface area contributed by atoms with Crippen molar-refractivity contribution in [1.29, 1.82) is 0 Å². The Morgan fingerprint density at radius 1 is 1.29 bits per heavy atom. The van der Waals surface area contributed by atoms with Gasteiger partial charge in [0.2, 0.25) is 5.91 Å². The van der Waals surface area contributed by atoms with Gasteiger partial charge < -0.3 is 15.5 Å². The van der Waals surface area contributed by atoms with Crippen LogP contribution in [0.25, 0.3) is 0 Å². The minimum absolute atomic E-state index is 0.167. The van der Waals surface area contributed by atoms with E-state index in [0.29, 0.717) is 28.4 Å². The fourth-order valence-electron chi connectivity index (χ4n) is 3.82. The Morgan fingerprint density at radius 2 is 2.06 bits per heavy atom. The van der Waals surface area contributed by atoms with Crippen molar-refractivity contribution in [3.8, 4) is 0 Å². The third-order valence-corrected chi connectivity index (χ3v) is 5.99. The molecule has 3 heterocycles. The highest BCUT2D eigenvalue weighted by Gasteiger charge is 2.45. The molecule has 8 nitrogen and oxygen atoms in total. The molecule has 4 rings (SSSR count). The number of pyridine rings is 1. The summed E-state index contributed by atoms with van der Waals surface area (Å²) in [6.07, 6.45) is 3.33. The van der Waals surface area contributed by atoms with Crippen LogP contribution in [0.3, 0.4) is 0 Å². The highest BCUT2D eigenvalue weighted by atomic mass is 35.5. The SMILES string of the molecule is C[C@@H](C(=O)NCc1cccnc1)N1CC2=C(C1=O)[C@@H](c1ccccc1Cl)NC(=O)N2C. The lowest BCUT2D eigenvalue weighted by atomic mass is 9.95. The highest BCUT2D eigenvalue weighted by molar-refractivity contribution is 6.31. The fourth-order valence-corrected chi connectivity index (χ4v) is 4.07. The van der Waals surface area contributed by atoms with Crippen LogP contribution in [0.1, 0.15) is 24.1 Å². The molecule has 1 aromatic heterocycles. The molecule has 0 bridgehead atoms. The first kappa shape index (κ1) is 20.9. The Bertz CT molecular complexity index is 1070. The molecule has 1 aromatic carbocycles. The number of hydrogen-bond donors (Lipinski definition) is 2. The quantitative estimate of drug-likeness (QED) is 0.747. The summed E-state index contributed by atoms with van der Waals surface area (Å²) < 4.78 is 0. The first-order valence-electron chi connectivity index (χ1n) is 9.87. The highest BCUT2D eigenvalue weighted by Crippen LogP contribution is 2.38. The van der Waals surface area contributed by atoms with Gasteiger partial charge in [0, 0.05) is 31.0 Å². The third kappa shape index (κ3) is 3.86. The van der Waals surface area contributed by atoms with Crippen molar-refractivity contribution in [1.82, 2.24) is 25.4 Å². The number of likely N-dealkylation sites (N-methyl/N-ethyl adjacent to an activating group) is 1. The van der Waals surface area contributed by atoms with Gasteiger partial charge in [0.25, 0.3) is 5.91 Å². The van der Waals surface area contributed by atoms with E-state index in [9.17, 15) is 14.4 Å². The first-order chi connectivity index (χ1) is 14.9. The molecule has 2 aromatic rings. The van der Waals surface area contributed by atoms with Crippen molar-refractivity contribution in [2.45, 2.75) is 25.6 Å². The van der Waals surface area contributed by atoms with Gasteiger partial charge in [-0.15, -0.1) is 0 Å². The van der Waals surface area contributed by atoms with Gasteiger partial charge in [-0.25, -0.2) is 4.79 Å². The molecule has 0 saturated carbocycles. The maximum atomic E-state index is 13.4. The summed E-state index contributed by atoms with van der Waals surface area (Å²) in [5.74, 6) is -0.580. The number of aromatic nitrogens is 1. The van der Waals surface area contributed by atoms with Crippen molar-refractivity contribution < 1.29 is 14.4 Å². The summed E-state index contributed by atoms with van der Waals surface area (Å²) in [5.41, 5.74) is 2.51. The Kier molecular flexibility index (Phi) is 5.65. The molecule has 2 aliphatic heterocycles. The van der Waals surface area contributed by atoms with E-state index in [-0.39, 0.29) is 24.4 Å². The van der Waals surface area contributed by atoms with Crippen molar-refractivity contribution in [3.63, 3.8) is 0 Å². The van der Waals surface area contributed by atoms with E-state index in [0.717, 1.165) is 5.56 Å². The van der Waals surface area contributed by atoms with Crippen molar-refractivity contribution in [2.75, 3.05) is 13.6 Å². The molecule has 2 atom stereocenters. The van der Waals surface area contributed by atoms with Gasteiger partial charge in [0.05, 0.1) is 23.9 Å². The van der Waals surface area contributed by atoms with Gasteiger partial charge in [-0.2, -0.15) is 0 Å². The number of urea groups is 1. The minimum Gasteiger partial charge on any atom is -0.350 e. The normalized spacial score (nSPS) is 19.3. The first-order valence-corrected chi connectivity index (χ1v) is 10.3. The van der Waals surface area contributed by atoms with E-state index in [2.05, 4.69) is 15.6 Å². The second-order valence-electron chi connectivity index (χ2n) is 7.51. The number of carbonyl (C=O) groups is 3. The summed E-state index contributed by atoms with van der Waals surface area (Å²) >= 11 is 6.35. The molecule has 0 spiro atoms. The number of benzene rings is 1. The third-order valence-electron chi connectivity index (χ3n) is 5.64. The summed E-state index contributed by atoms with van der Waals surface area (Å²) in [6.45, 7) is 2.16. The monoisotopic (exact) mass is 439 g/mol. The predicted molar refractivity (Wildman–Crippen MR) is 115 cm³/mol. The molecule has 160 valence electrons. The van der Waals surface area contributed by atoms with Gasteiger partial charge in [-0.1, -0.05) is 35.9 Å². The molecular weight excluding hydrogens is 418 g/mol. The maximum absolute atomic E-state index is 13.4. The Hall–Kier alpha value is -3.39. The number of nitrogens with zero attached hydrogens (tertiary/aromatic N) is 3. The molecule has 0 radical (unpaired) electrons. The van der Waals surface area contributed by atoms with Crippen LogP contribution < -0.4 is 10.6 Å². The zero-order valence-electron chi connectivity index (χ0n) is 17.1. The van der Waals surface area contributed by atoms with Crippen LogP contribution in [0.2, 0.25) is 5.02 Å². The van der Waals surface area contributed by atoms with E-state index >= 15 is 0 Å². The van der Waals surface area contributed by atoms with Crippen LogP contribution in [-0.4, -0.2) is 52.3 Å². The molecular formula is C22H22ClN5O3. The molecule has 2 N–H and O–H groups in total. The molecule has 0 aliphatic carbocycles. The number of amides is 4. The number of halogens is 1. The molecule has 31 heavy (non-hydrogen) atoms. The summed E-state index contributed by atoms with van der Waals surface area (Å²) in [5, 5.41) is 6.15. The van der Waals surface area contributed by atoms with Crippen LogP contribution in [0.5, 0.6) is 0 Å². The molecule has 0 unspecified atom stereocenters. The topological polar surface area (TPSA) is 94.6 Å². The van der Waals surface area contributed by atoms with Crippen LogP contribution in [0, 0.1) is 0 Å². The Balaban J connectivity index is 1.55. The van der Waals surface area contributed by atoms with Crippen molar-refractivity contribution in [2.24, 2.45) is 0 Å². The van der Waals surface area contributed by atoms with Crippen LogP contribution in [-0.2, 0) is 16.1 Å². The van der Waals surface area contributed by atoms with E-state index in [1.807, 2.05) is 6.07 Å². The van der Waals surface area contributed by atoms with E-state index < -0.39 is 12.1 Å². The Morgan fingerprint density at radius 3 is 2.77 bits per heavy atom. The minimum atomic E-state index is -0.717. The summed E-state index contributed by atoms with van der Waals surface area (Å²) in [6, 6.07) is 9.03. The number of rotatable bonds is 5. The average Bonchev–Trinajstić information content (AvgIpc) is 3.12. The standard InChI is InChI=1S/C22H22ClN5O3/c1-13(20(29)25-11-14-6-5-9-24-10-14)28-12-17-18(21(28)30)19(26-22(31)27(17)2)15-7-3-4-8-16(15)23/h3-10,13,19H,11-12H2,1-2H3,(H,25,29)(H,26,31)/t13-,19+/m0/s1. The lowest BCUT2D eigenvalue weighted by molar-refractivity contribution is -0.135. The maximum Gasteiger partial charge on any atom is 0.322 e. The van der Waals surface area contributed by atoms with Crippen LogP contribution >= 0.6 is 11.6 Å². The zero-order valence-corrected chi connectivity index (χ0v) is 17.9. The van der Waals surface area contributed by atoms with Crippen LogP contribution in [0.15, 0.2) is 60.1 Å². The van der Waals surface area contributed by atoms with E-state index in [4.69, 9.17) is 11.6 Å². The van der Waals surface area contributed by atoms with Crippen LogP contribution in [0.4, 0.5) is 4.79 Å². The van der Waals surface area contributed by atoms with Gasteiger partial charge in [-0.3, -0.25) is 19.5 Å². The second-order valence-corrected chi connectivity index (χ2v) is 7.92. The molecule has 0 fully saturated rings. The molecule has 0 saturated heterocycles. The van der Waals surface area contributed by atoms with Crippen molar-refractivity contribution >= 4 is 29.4 Å². The van der Waals surface area contributed by atoms with Gasteiger partial charge in [0.1, 0.15) is 6.04 Å². The second kappa shape index (κ2) is 8.39. The zero-order chi connectivity index (χ0) is 22.1. The summed E-state index contributed by atoms with van der Waals surface area (Å²) in [4.78, 5) is 45.6. The lowest BCUT2D eigenvalue weighted by Gasteiger charge is -2.31. The largest absolute Gasteiger partial charge is 0.350 e. The number of carbonyl (C=O) groups excluding carboxylic acids is 3. The fraction of sp³-hybridized carbons (Fsp3) is 0.273. The smallest absolute Gasteiger partial charge is 0.322 e. The summed E-state index contributed by atoms with van der Waals surface area (Å²) in [7, 11) is 1.61. The average molecular weight is 440 g/mol. The molecule has 2 aliphatic rings. The number of nitrogens with one attached hydrogen (secondary N) is 2. The van der Waals surface area contributed by atoms with E-state index in [1.54, 1.807) is 56.7 Å². The number of hydrogen-bond acceptors (Lipinski definition) is 4. The van der Waals surface area contributed by atoms with Gasteiger partial charge in [-0.05, 0) is 30.2 Å². The predicted octanol–water partition coefficient (Wildman–Crippen LogP) is 2.23. The molecule has 4 amide bonds. The lowest BCUT2D eigenvalue weighted by Crippen LogP contribution is -2.46. The van der Waals surface area contributed by atoms with Gasteiger partial charge in [0.15, 0.2) is 0 Å².